The number of halogens is 1. The second-order valence-corrected chi connectivity index (χ2v) is 6.13. The van der Waals surface area contributed by atoms with Gasteiger partial charge in [0.25, 0.3) is 5.91 Å². The Kier molecular flexibility index (Phi) is 6.92. The van der Waals surface area contributed by atoms with Gasteiger partial charge in [0, 0.05) is 6.21 Å². The fraction of sp³-hybridized carbons (Fsp3) is 0.100. The Labute approximate surface area is 167 Å². The molecule has 3 rings (SSSR count). The fourth-order valence-electron chi connectivity index (χ4n) is 2.27. The first-order valence-corrected chi connectivity index (χ1v) is 8.88. The van der Waals surface area contributed by atoms with Crippen LogP contribution in [0.2, 0.25) is 5.02 Å². The molecule has 0 saturated carbocycles. The number of benzene rings is 2. The number of hydrogen-bond donors (Lipinski definition) is 1. The molecule has 0 fully saturated rings. The maximum Gasteiger partial charge on any atom is 0.277 e. The minimum Gasteiger partial charge on any atom is -0.482 e. The number of hydrogen-bond acceptors (Lipinski definition) is 5. The Morgan fingerprint density at radius 2 is 1.96 bits per heavy atom. The Balaban J connectivity index is 1.41. The molecule has 0 bridgehead atoms. The predicted molar refractivity (Wildman–Crippen MR) is 108 cm³/mol. The number of hydrazone groups is 1. The van der Waals surface area contributed by atoms with Crippen molar-refractivity contribution in [1.29, 1.82) is 0 Å². The van der Waals surface area contributed by atoms with Crippen molar-refractivity contribution in [3.8, 4) is 5.75 Å². The summed E-state index contributed by atoms with van der Waals surface area (Å²) in [6, 6.07) is 16.9. The first-order chi connectivity index (χ1) is 13.7. The number of nitrogens with zero attached hydrogens (tertiary/aromatic N) is 4. The summed E-state index contributed by atoms with van der Waals surface area (Å²) in [5.41, 5.74) is 4.20. The summed E-state index contributed by atoms with van der Waals surface area (Å²) in [6.45, 7) is 0.468. The topological polar surface area (TPSA) is 81.4 Å². The van der Waals surface area contributed by atoms with Crippen molar-refractivity contribution in [1.82, 2.24) is 20.4 Å². The normalized spacial score (nSPS) is 11.2. The highest BCUT2D eigenvalue weighted by Crippen LogP contribution is 2.22. The maximum atomic E-state index is 11.7. The highest BCUT2D eigenvalue weighted by Gasteiger charge is 2.04. The molecule has 0 atom stereocenters. The number of carbonyl (C=O) groups excluding carboxylic acids is 1. The third-order valence-corrected chi connectivity index (χ3v) is 3.87. The largest absolute Gasteiger partial charge is 0.482 e. The van der Waals surface area contributed by atoms with Crippen LogP contribution in [0.25, 0.3) is 6.08 Å². The molecular formula is C20H18ClN5O2. The number of nitrogens with one attached hydrogen (secondary N) is 1. The number of allylic oxidation sites excluding steroid dienone is 1. The monoisotopic (exact) mass is 395 g/mol. The van der Waals surface area contributed by atoms with Crippen LogP contribution in [0.1, 0.15) is 11.3 Å². The minimum atomic E-state index is -0.390. The minimum absolute atomic E-state index is 0.182. The molecule has 3 aromatic rings. The molecule has 0 radical (unpaired) electrons. The number of rotatable bonds is 8. The number of ether oxygens (including phenoxy) is 1. The molecule has 0 unspecified atom stereocenters. The molecule has 0 aliphatic rings. The zero-order valence-corrected chi connectivity index (χ0v) is 15.7. The van der Waals surface area contributed by atoms with Gasteiger partial charge in [-0.05, 0) is 29.8 Å². The molecule has 2 aromatic carbocycles. The van der Waals surface area contributed by atoms with Crippen molar-refractivity contribution in [2.24, 2.45) is 5.10 Å². The molecule has 0 aliphatic heterocycles. The molecule has 1 N–H and O–H groups in total. The summed E-state index contributed by atoms with van der Waals surface area (Å²) in [4.78, 5) is 11.7. The molecule has 7 nitrogen and oxygen atoms in total. The molecule has 0 saturated heterocycles. The average molecular weight is 396 g/mol. The van der Waals surface area contributed by atoms with E-state index in [0.29, 0.717) is 23.0 Å². The number of carbonyl (C=O) groups is 1. The second kappa shape index (κ2) is 10.0. The van der Waals surface area contributed by atoms with Crippen LogP contribution in [0.5, 0.6) is 5.75 Å². The van der Waals surface area contributed by atoms with Gasteiger partial charge < -0.3 is 4.74 Å². The van der Waals surface area contributed by atoms with E-state index < -0.39 is 5.91 Å². The van der Waals surface area contributed by atoms with E-state index in [1.807, 2.05) is 36.5 Å². The van der Waals surface area contributed by atoms with Gasteiger partial charge in [-0.2, -0.15) is 5.10 Å². The Morgan fingerprint density at radius 1 is 1.18 bits per heavy atom. The second-order valence-electron chi connectivity index (χ2n) is 5.72. The van der Waals surface area contributed by atoms with Crippen molar-refractivity contribution in [3.05, 3.63) is 83.2 Å². The zero-order chi connectivity index (χ0) is 19.6. The summed E-state index contributed by atoms with van der Waals surface area (Å²) in [5.74, 6) is 0.0557. The molecule has 0 aliphatic carbocycles. The molecular weight excluding hydrogens is 378 g/mol. The lowest BCUT2D eigenvalue weighted by Crippen LogP contribution is -2.24. The highest BCUT2D eigenvalue weighted by atomic mass is 35.5. The number of amides is 1. The van der Waals surface area contributed by atoms with Gasteiger partial charge in [-0.3, -0.25) is 4.79 Å². The lowest BCUT2D eigenvalue weighted by molar-refractivity contribution is -0.123. The van der Waals surface area contributed by atoms with Gasteiger partial charge in [-0.25, -0.2) is 10.1 Å². The standard InChI is InChI=1S/C20H18ClN5O2/c21-18-10-4-5-11-19(18)28-15-20(27)24-22-12-6-9-17-14-26(25-23-17)13-16-7-2-1-3-8-16/h1-12,14H,13,15H2,(H,24,27)/b9-6+,22-12-. The van der Waals surface area contributed by atoms with Crippen LogP contribution in [0.15, 0.2) is 72.0 Å². The van der Waals surface area contributed by atoms with Gasteiger partial charge in [0.2, 0.25) is 0 Å². The summed E-state index contributed by atoms with van der Waals surface area (Å²) in [7, 11) is 0. The summed E-state index contributed by atoms with van der Waals surface area (Å²) < 4.78 is 7.07. The molecule has 28 heavy (non-hydrogen) atoms. The fourth-order valence-corrected chi connectivity index (χ4v) is 2.46. The van der Waals surface area contributed by atoms with Gasteiger partial charge in [0.1, 0.15) is 11.4 Å². The maximum absolute atomic E-state index is 11.7. The Morgan fingerprint density at radius 3 is 2.79 bits per heavy atom. The quantitative estimate of drug-likeness (QED) is 0.469. The lowest BCUT2D eigenvalue weighted by Gasteiger charge is -2.05. The van der Waals surface area contributed by atoms with E-state index in [-0.39, 0.29) is 6.61 Å². The van der Waals surface area contributed by atoms with E-state index in [4.69, 9.17) is 16.3 Å². The van der Waals surface area contributed by atoms with Crippen LogP contribution in [0.4, 0.5) is 0 Å². The van der Waals surface area contributed by atoms with Crippen molar-refractivity contribution >= 4 is 29.8 Å². The third-order valence-electron chi connectivity index (χ3n) is 3.56. The van der Waals surface area contributed by atoms with E-state index in [0.717, 1.165) is 5.56 Å². The molecule has 1 amide bonds. The van der Waals surface area contributed by atoms with E-state index in [9.17, 15) is 4.79 Å². The van der Waals surface area contributed by atoms with Crippen LogP contribution in [-0.4, -0.2) is 33.7 Å². The van der Waals surface area contributed by atoms with Crippen LogP contribution in [0.3, 0.4) is 0 Å². The Hall–Kier alpha value is -3.45. The van der Waals surface area contributed by atoms with Crippen molar-refractivity contribution in [2.75, 3.05) is 6.61 Å². The van der Waals surface area contributed by atoms with Gasteiger partial charge in [0.05, 0.1) is 17.8 Å². The Bertz CT molecular complexity index is 969. The first-order valence-electron chi connectivity index (χ1n) is 8.50. The van der Waals surface area contributed by atoms with Crippen LogP contribution >= 0.6 is 11.6 Å². The summed E-state index contributed by atoms with van der Waals surface area (Å²) in [5, 5.41) is 12.4. The SMILES string of the molecule is O=C(COc1ccccc1Cl)N/N=C\C=C\c1cn(Cc2ccccc2)nn1. The number of para-hydroxylation sites is 1. The van der Waals surface area contributed by atoms with Crippen molar-refractivity contribution in [2.45, 2.75) is 6.54 Å². The van der Waals surface area contributed by atoms with E-state index in [1.54, 1.807) is 41.1 Å². The highest BCUT2D eigenvalue weighted by molar-refractivity contribution is 6.32. The van der Waals surface area contributed by atoms with Crippen molar-refractivity contribution in [3.63, 3.8) is 0 Å². The molecule has 1 aromatic heterocycles. The third kappa shape index (κ3) is 6.07. The van der Waals surface area contributed by atoms with E-state index >= 15 is 0 Å². The first kappa shape index (κ1) is 19.3. The summed E-state index contributed by atoms with van der Waals surface area (Å²) >= 11 is 5.95. The van der Waals surface area contributed by atoms with Gasteiger partial charge >= 0.3 is 0 Å². The van der Waals surface area contributed by atoms with E-state index in [1.165, 1.54) is 6.21 Å². The number of aromatic nitrogens is 3. The van der Waals surface area contributed by atoms with Crippen LogP contribution < -0.4 is 10.2 Å². The zero-order valence-electron chi connectivity index (χ0n) is 14.9. The summed E-state index contributed by atoms with van der Waals surface area (Å²) in [6.07, 6.45) is 6.67. The van der Waals surface area contributed by atoms with Gasteiger partial charge in [-0.15, -0.1) is 5.10 Å². The molecule has 8 heteroatoms. The molecule has 1 heterocycles. The smallest absolute Gasteiger partial charge is 0.277 e. The van der Waals surface area contributed by atoms with E-state index in [2.05, 4.69) is 20.8 Å². The molecule has 142 valence electrons. The van der Waals surface area contributed by atoms with Gasteiger partial charge in [0.15, 0.2) is 6.61 Å². The average Bonchev–Trinajstić information content (AvgIpc) is 3.15. The molecule has 0 spiro atoms. The lowest BCUT2D eigenvalue weighted by atomic mass is 10.2. The van der Waals surface area contributed by atoms with Gasteiger partial charge in [-0.1, -0.05) is 59.3 Å². The van der Waals surface area contributed by atoms with Crippen LogP contribution in [0, 0.1) is 0 Å². The van der Waals surface area contributed by atoms with Crippen molar-refractivity contribution < 1.29 is 9.53 Å². The van der Waals surface area contributed by atoms with Crippen LogP contribution in [-0.2, 0) is 11.3 Å². The predicted octanol–water partition coefficient (Wildman–Crippen LogP) is 3.17.